The van der Waals surface area contributed by atoms with E-state index in [0.29, 0.717) is 28.7 Å². The number of carbonyl (C=O) groups is 2. The van der Waals surface area contributed by atoms with E-state index in [1.165, 1.54) is 6.07 Å². The van der Waals surface area contributed by atoms with Crippen molar-refractivity contribution in [1.29, 1.82) is 0 Å². The maximum atomic E-state index is 11.9. The summed E-state index contributed by atoms with van der Waals surface area (Å²) in [5, 5.41) is 6.06. The SMILES string of the molecule is COc1cccc(CCNC(=O)CC(=O)Nc2ccc(Cl)c(Cl)c2)c1. The van der Waals surface area contributed by atoms with Crippen molar-refractivity contribution in [3.63, 3.8) is 0 Å². The number of halogens is 2. The van der Waals surface area contributed by atoms with Crippen LogP contribution in [0.3, 0.4) is 0 Å². The van der Waals surface area contributed by atoms with Gasteiger partial charge in [0.15, 0.2) is 0 Å². The molecule has 2 aromatic rings. The third kappa shape index (κ3) is 6.29. The molecule has 0 aliphatic heterocycles. The first-order valence-corrected chi connectivity index (χ1v) is 8.38. The molecule has 0 unspecified atom stereocenters. The average molecular weight is 381 g/mol. The van der Waals surface area contributed by atoms with E-state index in [-0.39, 0.29) is 12.3 Å². The van der Waals surface area contributed by atoms with Crippen molar-refractivity contribution in [1.82, 2.24) is 5.32 Å². The molecule has 5 nitrogen and oxygen atoms in total. The predicted molar refractivity (Wildman–Crippen MR) is 99.4 cm³/mol. The second kappa shape index (κ2) is 9.30. The van der Waals surface area contributed by atoms with Gasteiger partial charge in [-0.3, -0.25) is 9.59 Å². The van der Waals surface area contributed by atoms with Crippen molar-refractivity contribution in [2.75, 3.05) is 19.0 Å². The minimum Gasteiger partial charge on any atom is -0.497 e. The first-order chi connectivity index (χ1) is 12.0. The zero-order chi connectivity index (χ0) is 18.2. The van der Waals surface area contributed by atoms with Crippen LogP contribution in [0.25, 0.3) is 0 Å². The number of methoxy groups -OCH3 is 1. The summed E-state index contributed by atoms with van der Waals surface area (Å²) in [5.74, 6) is 0.00237. The van der Waals surface area contributed by atoms with Crippen LogP contribution in [0.2, 0.25) is 10.0 Å². The van der Waals surface area contributed by atoms with Gasteiger partial charge in [-0.1, -0.05) is 35.3 Å². The highest BCUT2D eigenvalue weighted by atomic mass is 35.5. The number of rotatable bonds is 7. The predicted octanol–water partition coefficient (Wildman–Crippen LogP) is 3.69. The highest BCUT2D eigenvalue weighted by Gasteiger charge is 2.10. The van der Waals surface area contributed by atoms with Gasteiger partial charge in [0, 0.05) is 12.2 Å². The van der Waals surface area contributed by atoms with Crippen LogP contribution >= 0.6 is 23.2 Å². The van der Waals surface area contributed by atoms with E-state index in [1.807, 2.05) is 24.3 Å². The van der Waals surface area contributed by atoms with E-state index >= 15 is 0 Å². The topological polar surface area (TPSA) is 67.4 Å². The van der Waals surface area contributed by atoms with E-state index in [1.54, 1.807) is 19.2 Å². The molecule has 2 aromatic carbocycles. The summed E-state index contributed by atoms with van der Waals surface area (Å²) in [6, 6.07) is 12.3. The number of anilines is 1. The van der Waals surface area contributed by atoms with Crippen LogP contribution < -0.4 is 15.4 Å². The van der Waals surface area contributed by atoms with Crippen molar-refractivity contribution in [3.05, 3.63) is 58.1 Å². The largest absolute Gasteiger partial charge is 0.497 e. The highest BCUT2D eigenvalue weighted by Crippen LogP contribution is 2.25. The number of nitrogens with one attached hydrogen (secondary N) is 2. The molecule has 0 heterocycles. The van der Waals surface area contributed by atoms with Gasteiger partial charge in [0.1, 0.15) is 12.2 Å². The van der Waals surface area contributed by atoms with Crippen LogP contribution in [-0.4, -0.2) is 25.5 Å². The zero-order valence-corrected chi connectivity index (χ0v) is 15.2. The van der Waals surface area contributed by atoms with E-state index in [0.717, 1.165) is 11.3 Å². The van der Waals surface area contributed by atoms with Crippen LogP contribution in [-0.2, 0) is 16.0 Å². The minimum atomic E-state index is -0.419. The Bertz CT molecular complexity index is 766. The fraction of sp³-hybridized carbons (Fsp3) is 0.222. The molecule has 0 saturated heterocycles. The van der Waals surface area contributed by atoms with Crippen LogP contribution in [0.5, 0.6) is 5.75 Å². The van der Waals surface area contributed by atoms with E-state index in [2.05, 4.69) is 10.6 Å². The lowest BCUT2D eigenvalue weighted by Crippen LogP contribution is -2.29. The highest BCUT2D eigenvalue weighted by molar-refractivity contribution is 6.42. The van der Waals surface area contributed by atoms with Crippen molar-refractivity contribution in [2.24, 2.45) is 0 Å². The molecular formula is C18H18Cl2N2O3. The Morgan fingerprint density at radius 2 is 1.84 bits per heavy atom. The molecule has 0 spiro atoms. The number of amides is 2. The molecule has 25 heavy (non-hydrogen) atoms. The number of hydrogen-bond acceptors (Lipinski definition) is 3. The van der Waals surface area contributed by atoms with Gasteiger partial charge in [0.25, 0.3) is 0 Å². The fourth-order valence-corrected chi connectivity index (χ4v) is 2.46. The third-order valence-corrected chi connectivity index (χ3v) is 4.13. The summed E-state index contributed by atoms with van der Waals surface area (Å²) in [4.78, 5) is 23.7. The maximum Gasteiger partial charge on any atom is 0.233 e. The Morgan fingerprint density at radius 1 is 1.04 bits per heavy atom. The second-order valence-corrected chi connectivity index (χ2v) is 6.12. The Morgan fingerprint density at radius 3 is 2.56 bits per heavy atom. The average Bonchev–Trinajstić information content (AvgIpc) is 2.58. The number of carbonyl (C=O) groups excluding carboxylic acids is 2. The third-order valence-electron chi connectivity index (χ3n) is 3.39. The van der Waals surface area contributed by atoms with E-state index < -0.39 is 5.91 Å². The molecule has 2 N–H and O–H groups in total. The van der Waals surface area contributed by atoms with Gasteiger partial charge in [-0.2, -0.15) is 0 Å². The molecule has 132 valence electrons. The van der Waals surface area contributed by atoms with Crippen LogP contribution in [0.4, 0.5) is 5.69 Å². The van der Waals surface area contributed by atoms with Gasteiger partial charge >= 0.3 is 0 Å². The van der Waals surface area contributed by atoms with Gasteiger partial charge in [0.05, 0.1) is 17.2 Å². The number of benzene rings is 2. The smallest absolute Gasteiger partial charge is 0.233 e. The monoisotopic (exact) mass is 380 g/mol. The standard InChI is InChI=1S/C18H18Cl2N2O3/c1-25-14-4-2-3-12(9-14)7-8-21-17(23)11-18(24)22-13-5-6-15(19)16(20)10-13/h2-6,9-10H,7-8,11H2,1H3,(H,21,23)(H,22,24). The van der Waals surface area contributed by atoms with Crippen molar-refractivity contribution < 1.29 is 14.3 Å². The lowest BCUT2D eigenvalue weighted by molar-refractivity contribution is -0.126. The van der Waals surface area contributed by atoms with Gasteiger partial charge < -0.3 is 15.4 Å². The first-order valence-electron chi connectivity index (χ1n) is 7.62. The van der Waals surface area contributed by atoms with Crippen LogP contribution in [0.1, 0.15) is 12.0 Å². The Kier molecular flexibility index (Phi) is 7.10. The number of ether oxygens (including phenoxy) is 1. The van der Waals surface area contributed by atoms with Crippen molar-refractivity contribution in [3.8, 4) is 5.75 Å². The zero-order valence-electron chi connectivity index (χ0n) is 13.6. The van der Waals surface area contributed by atoms with E-state index in [4.69, 9.17) is 27.9 Å². The molecule has 0 aliphatic carbocycles. The summed E-state index contributed by atoms with van der Waals surface area (Å²) in [6.07, 6.45) is 0.385. The second-order valence-electron chi connectivity index (χ2n) is 5.31. The molecule has 0 fully saturated rings. The summed E-state index contributed by atoms with van der Waals surface area (Å²) in [7, 11) is 1.60. The van der Waals surface area contributed by atoms with Gasteiger partial charge in [0.2, 0.25) is 11.8 Å². The summed E-state index contributed by atoms with van der Waals surface area (Å²) in [5.41, 5.74) is 1.53. The quantitative estimate of drug-likeness (QED) is 0.719. The Labute approximate surface area is 156 Å². The molecule has 7 heteroatoms. The molecule has 0 saturated carbocycles. The Hall–Kier alpha value is -2.24. The molecule has 2 rings (SSSR count). The lowest BCUT2D eigenvalue weighted by Gasteiger charge is -2.08. The maximum absolute atomic E-state index is 11.9. The minimum absolute atomic E-state index is 0.266. The van der Waals surface area contributed by atoms with E-state index in [9.17, 15) is 9.59 Å². The van der Waals surface area contributed by atoms with Crippen LogP contribution in [0, 0.1) is 0 Å². The molecule has 0 aliphatic rings. The molecule has 0 atom stereocenters. The van der Waals surface area contributed by atoms with Crippen molar-refractivity contribution in [2.45, 2.75) is 12.8 Å². The summed E-state index contributed by atoms with van der Waals surface area (Å²) < 4.78 is 5.15. The Balaban J connectivity index is 1.75. The van der Waals surface area contributed by atoms with Crippen LogP contribution in [0.15, 0.2) is 42.5 Å². The molecule has 0 bridgehead atoms. The molecule has 2 amide bonds. The summed E-state index contributed by atoms with van der Waals surface area (Å²) in [6.45, 7) is 0.437. The number of hydrogen-bond donors (Lipinski definition) is 2. The van der Waals surface area contributed by atoms with Gasteiger partial charge in [-0.05, 0) is 42.3 Å². The van der Waals surface area contributed by atoms with Gasteiger partial charge in [-0.15, -0.1) is 0 Å². The molecule has 0 radical (unpaired) electrons. The molecular weight excluding hydrogens is 363 g/mol. The summed E-state index contributed by atoms with van der Waals surface area (Å²) >= 11 is 11.7. The molecule has 0 aromatic heterocycles. The lowest BCUT2D eigenvalue weighted by atomic mass is 10.1. The normalized spacial score (nSPS) is 10.2. The van der Waals surface area contributed by atoms with Gasteiger partial charge in [-0.25, -0.2) is 0 Å². The first kappa shape index (κ1) is 19.1. The van der Waals surface area contributed by atoms with Crippen molar-refractivity contribution >= 4 is 40.7 Å². The fourth-order valence-electron chi connectivity index (χ4n) is 2.16.